The van der Waals surface area contributed by atoms with Crippen molar-refractivity contribution in [3.63, 3.8) is 0 Å². The second-order valence-electron chi connectivity index (χ2n) is 7.65. The molecule has 0 atom stereocenters. The second-order valence-corrected chi connectivity index (χ2v) is 7.65. The van der Waals surface area contributed by atoms with Crippen LogP contribution in [0.3, 0.4) is 0 Å². The molecule has 8 heteroatoms. The van der Waals surface area contributed by atoms with Crippen molar-refractivity contribution in [2.75, 3.05) is 46.8 Å². The molecule has 2 aliphatic rings. The van der Waals surface area contributed by atoms with Crippen molar-refractivity contribution in [2.45, 2.75) is 44.2 Å². The third-order valence-corrected chi connectivity index (χ3v) is 5.97. The summed E-state index contributed by atoms with van der Waals surface area (Å²) >= 11 is 0. The summed E-state index contributed by atoms with van der Waals surface area (Å²) in [4.78, 5) is 13.9. The molecular weight excluding hydrogens is 328 g/mol. The standard InChI is InChI=1S/C18H34N8/c1-19-17(20-13-16-22-15-23-25(16)3)21-14-18(7-11-24(2)12-8-18)26-9-5-4-6-10-26/h15H,4-14H2,1-3H3,(H2,19,20,21). The van der Waals surface area contributed by atoms with Gasteiger partial charge in [0.15, 0.2) is 5.96 Å². The summed E-state index contributed by atoms with van der Waals surface area (Å²) in [6.45, 7) is 6.37. The molecule has 2 saturated heterocycles. The maximum atomic E-state index is 4.40. The SMILES string of the molecule is CN=C(NCc1ncnn1C)NCC1(N2CCCCC2)CCN(C)CC1. The van der Waals surface area contributed by atoms with E-state index in [0.717, 1.165) is 18.3 Å². The van der Waals surface area contributed by atoms with Crippen molar-refractivity contribution < 1.29 is 0 Å². The van der Waals surface area contributed by atoms with Gasteiger partial charge < -0.3 is 15.5 Å². The van der Waals surface area contributed by atoms with Gasteiger partial charge in [-0.25, -0.2) is 4.98 Å². The smallest absolute Gasteiger partial charge is 0.191 e. The zero-order valence-corrected chi connectivity index (χ0v) is 16.5. The van der Waals surface area contributed by atoms with Crippen LogP contribution in [0, 0.1) is 0 Å². The highest BCUT2D eigenvalue weighted by Gasteiger charge is 2.39. The third-order valence-electron chi connectivity index (χ3n) is 5.97. The molecule has 0 bridgehead atoms. The first kappa shape index (κ1) is 19.1. The molecule has 2 N–H and O–H groups in total. The molecule has 3 heterocycles. The molecule has 0 aliphatic carbocycles. The molecule has 0 unspecified atom stereocenters. The number of likely N-dealkylation sites (tertiary alicyclic amines) is 2. The van der Waals surface area contributed by atoms with Gasteiger partial charge in [0.1, 0.15) is 12.2 Å². The van der Waals surface area contributed by atoms with Crippen LogP contribution in [-0.4, -0.2) is 82.9 Å². The predicted octanol–water partition coefficient (Wildman–Crippen LogP) is 0.430. The first-order valence-corrected chi connectivity index (χ1v) is 9.84. The number of rotatable bonds is 5. The van der Waals surface area contributed by atoms with E-state index in [2.05, 4.69) is 42.6 Å². The van der Waals surface area contributed by atoms with Crippen molar-refractivity contribution in [3.05, 3.63) is 12.2 Å². The largest absolute Gasteiger partial charge is 0.355 e. The van der Waals surface area contributed by atoms with Crippen molar-refractivity contribution in [1.82, 2.24) is 35.2 Å². The highest BCUT2D eigenvalue weighted by Crippen LogP contribution is 2.30. The number of nitrogens with zero attached hydrogens (tertiary/aromatic N) is 6. The number of hydrogen-bond acceptors (Lipinski definition) is 5. The Morgan fingerprint density at radius 3 is 2.46 bits per heavy atom. The van der Waals surface area contributed by atoms with Crippen LogP contribution in [-0.2, 0) is 13.6 Å². The zero-order chi connectivity index (χ0) is 18.4. The van der Waals surface area contributed by atoms with Crippen LogP contribution in [0.2, 0.25) is 0 Å². The van der Waals surface area contributed by atoms with Crippen LogP contribution < -0.4 is 10.6 Å². The first-order valence-electron chi connectivity index (χ1n) is 9.84. The van der Waals surface area contributed by atoms with Gasteiger partial charge in [0.25, 0.3) is 0 Å². The van der Waals surface area contributed by atoms with E-state index in [1.54, 1.807) is 11.0 Å². The number of piperidine rings is 2. The number of aliphatic imine (C=N–C) groups is 1. The average Bonchev–Trinajstić information content (AvgIpc) is 3.09. The number of nitrogens with one attached hydrogen (secondary N) is 2. The number of aromatic nitrogens is 3. The summed E-state index contributed by atoms with van der Waals surface area (Å²) in [5.41, 5.74) is 0.245. The molecule has 26 heavy (non-hydrogen) atoms. The molecule has 2 fully saturated rings. The fraction of sp³-hybridized carbons (Fsp3) is 0.833. The van der Waals surface area contributed by atoms with Crippen molar-refractivity contribution in [2.24, 2.45) is 12.0 Å². The Kier molecular flexibility index (Phi) is 6.48. The van der Waals surface area contributed by atoms with Gasteiger partial charge in [0.2, 0.25) is 0 Å². The second kappa shape index (κ2) is 8.81. The van der Waals surface area contributed by atoms with E-state index in [1.165, 1.54) is 58.3 Å². The minimum absolute atomic E-state index is 0.245. The molecule has 0 amide bonds. The summed E-state index contributed by atoms with van der Waals surface area (Å²) in [7, 11) is 5.97. The maximum Gasteiger partial charge on any atom is 0.191 e. The molecular formula is C18H34N8. The molecule has 1 aromatic heterocycles. The third kappa shape index (κ3) is 4.54. The normalized spacial score (nSPS) is 22.3. The number of hydrogen-bond donors (Lipinski definition) is 2. The first-order chi connectivity index (χ1) is 12.6. The zero-order valence-electron chi connectivity index (χ0n) is 16.5. The predicted molar refractivity (Wildman–Crippen MR) is 104 cm³/mol. The highest BCUT2D eigenvalue weighted by molar-refractivity contribution is 5.79. The molecule has 8 nitrogen and oxygen atoms in total. The quantitative estimate of drug-likeness (QED) is 0.585. The molecule has 1 aromatic rings. The summed E-state index contributed by atoms with van der Waals surface area (Å²) in [5.74, 6) is 1.74. The Morgan fingerprint density at radius 1 is 1.12 bits per heavy atom. The lowest BCUT2D eigenvalue weighted by atomic mass is 9.84. The minimum atomic E-state index is 0.245. The Bertz CT molecular complexity index is 582. The lowest BCUT2D eigenvalue weighted by Gasteiger charge is -2.50. The van der Waals surface area contributed by atoms with Crippen molar-refractivity contribution in [1.29, 1.82) is 0 Å². The van der Waals surface area contributed by atoms with Crippen molar-refractivity contribution >= 4 is 5.96 Å². The monoisotopic (exact) mass is 362 g/mol. The summed E-state index contributed by atoms with van der Waals surface area (Å²) < 4.78 is 1.78. The Morgan fingerprint density at radius 2 is 1.85 bits per heavy atom. The van der Waals surface area contributed by atoms with Gasteiger partial charge in [-0.05, 0) is 58.9 Å². The Balaban J connectivity index is 1.59. The Labute approximate surface area is 157 Å². The average molecular weight is 363 g/mol. The Hall–Kier alpha value is -1.67. The van der Waals surface area contributed by atoms with Gasteiger partial charge in [-0.15, -0.1) is 0 Å². The van der Waals surface area contributed by atoms with Crippen LogP contribution in [0.25, 0.3) is 0 Å². The number of guanidine groups is 1. The molecule has 0 radical (unpaired) electrons. The van der Waals surface area contributed by atoms with E-state index in [1.807, 2.05) is 14.1 Å². The van der Waals surface area contributed by atoms with E-state index >= 15 is 0 Å². The molecule has 0 aromatic carbocycles. The highest BCUT2D eigenvalue weighted by atomic mass is 15.3. The lowest BCUT2D eigenvalue weighted by Crippen LogP contribution is -2.62. The van der Waals surface area contributed by atoms with Crippen molar-refractivity contribution in [3.8, 4) is 0 Å². The van der Waals surface area contributed by atoms with Crippen LogP contribution in [0.5, 0.6) is 0 Å². The summed E-state index contributed by atoms with van der Waals surface area (Å²) in [6, 6.07) is 0. The van der Waals surface area contributed by atoms with E-state index in [-0.39, 0.29) is 5.54 Å². The van der Waals surface area contributed by atoms with Crippen LogP contribution in [0.1, 0.15) is 37.9 Å². The molecule has 0 saturated carbocycles. The topological polar surface area (TPSA) is 73.6 Å². The minimum Gasteiger partial charge on any atom is -0.355 e. The molecule has 3 rings (SSSR count). The van der Waals surface area contributed by atoms with E-state index in [4.69, 9.17) is 0 Å². The summed E-state index contributed by atoms with van der Waals surface area (Å²) in [5, 5.41) is 11.1. The van der Waals surface area contributed by atoms with Gasteiger partial charge in [-0.2, -0.15) is 5.10 Å². The number of aryl methyl sites for hydroxylation is 1. The van der Waals surface area contributed by atoms with Gasteiger partial charge in [-0.1, -0.05) is 6.42 Å². The van der Waals surface area contributed by atoms with Crippen LogP contribution >= 0.6 is 0 Å². The fourth-order valence-electron chi connectivity index (χ4n) is 4.12. The van der Waals surface area contributed by atoms with E-state index in [9.17, 15) is 0 Å². The fourth-order valence-corrected chi connectivity index (χ4v) is 4.12. The van der Waals surface area contributed by atoms with Gasteiger partial charge in [0.05, 0.1) is 6.54 Å². The summed E-state index contributed by atoms with van der Waals surface area (Å²) in [6.07, 6.45) is 8.05. The molecule has 0 spiro atoms. The van der Waals surface area contributed by atoms with Gasteiger partial charge in [0, 0.05) is 26.2 Å². The molecule has 146 valence electrons. The van der Waals surface area contributed by atoms with Crippen LogP contribution in [0.15, 0.2) is 11.3 Å². The van der Waals surface area contributed by atoms with E-state index in [0.29, 0.717) is 6.54 Å². The van der Waals surface area contributed by atoms with Gasteiger partial charge in [-0.3, -0.25) is 14.6 Å². The lowest BCUT2D eigenvalue weighted by molar-refractivity contribution is 0.0173. The van der Waals surface area contributed by atoms with E-state index < -0.39 is 0 Å². The maximum absolute atomic E-state index is 4.40. The van der Waals surface area contributed by atoms with Crippen LogP contribution in [0.4, 0.5) is 0 Å². The van der Waals surface area contributed by atoms with Gasteiger partial charge >= 0.3 is 0 Å². The molecule has 2 aliphatic heterocycles.